The number of carbonyl (C=O) groups excluding carboxylic acids is 1. The smallest absolute Gasteiger partial charge is 0.330 e. The monoisotopic (exact) mass is 537 g/mol. The number of methoxy groups -OCH3 is 1. The molecule has 1 heterocycles. The Bertz CT molecular complexity index is 1370. The first-order valence-corrected chi connectivity index (χ1v) is 14.0. The Morgan fingerprint density at radius 2 is 1.85 bits per heavy atom. The van der Waals surface area contributed by atoms with Crippen molar-refractivity contribution in [2.45, 2.75) is 51.7 Å². The highest BCUT2D eigenvalue weighted by atomic mass is 16.5. The second kappa shape index (κ2) is 13.8. The van der Waals surface area contributed by atoms with Gasteiger partial charge in [-0.1, -0.05) is 75.2 Å². The van der Waals surface area contributed by atoms with Crippen molar-refractivity contribution >= 4 is 29.5 Å². The molecule has 4 rings (SSSR count). The van der Waals surface area contributed by atoms with E-state index in [9.17, 15) is 9.90 Å². The van der Waals surface area contributed by atoms with Crippen LogP contribution in [0.5, 0.6) is 0 Å². The fourth-order valence-corrected chi connectivity index (χ4v) is 5.33. The van der Waals surface area contributed by atoms with Crippen LogP contribution in [-0.4, -0.2) is 23.2 Å². The molecule has 6 heteroatoms. The van der Waals surface area contributed by atoms with Gasteiger partial charge in [0.1, 0.15) is 0 Å². The normalized spacial score (nSPS) is 15.1. The summed E-state index contributed by atoms with van der Waals surface area (Å²) in [7, 11) is 1.35. The summed E-state index contributed by atoms with van der Waals surface area (Å²) in [6, 6.07) is 15.8. The van der Waals surface area contributed by atoms with E-state index in [1.165, 1.54) is 32.4 Å². The lowest BCUT2D eigenvalue weighted by Crippen LogP contribution is -2.32. The molecule has 1 atom stereocenters. The zero-order chi connectivity index (χ0) is 28.5. The van der Waals surface area contributed by atoms with Crippen molar-refractivity contribution in [2.75, 3.05) is 17.7 Å². The third kappa shape index (κ3) is 6.88. The Kier molecular flexibility index (Phi) is 9.92. The van der Waals surface area contributed by atoms with Crippen LogP contribution in [0.1, 0.15) is 68.4 Å². The van der Waals surface area contributed by atoms with Crippen molar-refractivity contribution in [1.82, 2.24) is 4.98 Å². The molecule has 1 saturated carbocycles. The average molecular weight is 538 g/mol. The SMILES string of the molecule is C=Cc1cc(-c2ccc(C(O)N(/C(=C\CC)C3CCCCC3)c3cncc(/C=C/C(=O)OC)c3)cc2)ccc1N. The molecule has 0 radical (unpaired) electrons. The topological polar surface area (TPSA) is 88.7 Å². The number of pyridine rings is 1. The van der Waals surface area contributed by atoms with Gasteiger partial charge in [0.15, 0.2) is 6.23 Å². The molecule has 6 nitrogen and oxygen atoms in total. The number of nitrogens with two attached hydrogens (primary N) is 1. The summed E-state index contributed by atoms with van der Waals surface area (Å²) in [6.07, 6.45) is 16.2. The minimum atomic E-state index is -0.925. The summed E-state index contributed by atoms with van der Waals surface area (Å²) in [4.78, 5) is 18.1. The molecule has 1 aromatic heterocycles. The van der Waals surface area contributed by atoms with E-state index in [4.69, 9.17) is 10.5 Å². The number of nitrogens with zero attached hydrogens (tertiary/aromatic N) is 2. The number of hydrogen-bond donors (Lipinski definition) is 2. The zero-order valence-corrected chi connectivity index (χ0v) is 23.4. The molecule has 0 bridgehead atoms. The third-order valence-electron chi connectivity index (χ3n) is 7.44. The summed E-state index contributed by atoms with van der Waals surface area (Å²) in [5.41, 5.74) is 13.1. The highest BCUT2D eigenvalue weighted by Crippen LogP contribution is 2.39. The van der Waals surface area contributed by atoms with Gasteiger partial charge in [0.05, 0.1) is 19.0 Å². The van der Waals surface area contributed by atoms with E-state index in [2.05, 4.69) is 24.6 Å². The predicted octanol–water partition coefficient (Wildman–Crippen LogP) is 7.53. The maximum absolute atomic E-state index is 11.9. The van der Waals surface area contributed by atoms with Gasteiger partial charge in [0.25, 0.3) is 0 Å². The summed E-state index contributed by atoms with van der Waals surface area (Å²) in [5.74, 6) is -0.0820. The molecule has 2 aromatic carbocycles. The molecule has 3 N–H and O–H groups in total. The lowest BCUT2D eigenvalue weighted by molar-refractivity contribution is -0.134. The Labute approximate surface area is 237 Å². The number of anilines is 2. The van der Waals surface area contributed by atoms with Gasteiger partial charge in [0, 0.05) is 29.2 Å². The van der Waals surface area contributed by atoms with E-state index in [1.54, 1.807) is 24.5 Å². The molecule has 0 spiro atoms. The number of ether oxygens (including phenoxy) is 1. The van der Waals surface area contributed by atoms with Crippen molar-refractivity contribution in [3.8, 4) is 11.1 Å². The number of allylic oxidation sites excluding steroid dienone is 2. The van der Waals surface area contributed by atoms with Crippen molar-refractivity contribution in [2.24, 2.45) is 5.92 Å². The van der Waals surface area contributed by atoms with E-state index in [1.807, 2.05) is 53.4 Å². The maximum atomic E-state index is 11.9. The van der Waals surface area contributed by atoms with Crippen LogP contribution in [0.15, 0.2) is 85.4 Å². The molecule has 3 aromatic rings. The lowest BCUT2D eigenvalue weighted by Gasteiger charge is -2.38. The molecule has 1 aliphatic rings. The molecule has 1 aliphatic carbocycles. The highest BCUT2D eigenvalue weighted by Gasteiger charge is 2.29. The third-order valence-corrected chi connectivity index (χ3v) is 7.44. The molecule has 0 saturated heterocycles. The first kappa shape index (κ1) is 28.8. The van der Waals surface area contributed by atoms with Crippen molar-refractivity contribution in [1.29, 1.82) is 0 Å². The van der Waals surface area contributed by atoms with E-state index in [0.717, 1.165) is 58.5 Å². The van der Waals surface area contributed by atoms with E-state index >= 15 is 0 Å². The predicted molar refractivity (Wildman–Crippen MR) is 164 cm³/mol. The van der Waals surface area contributed by atoms with Gasteiger partial charge in [-0.2, -0.15) is 0 Å². The second-order valence-corrected chi connectivity index (χ2v) is 10.1. The molecule has 0 amide bonds. The Morgan fingerprint density at radius 1 is 1.12 bits per heavy atom. The fraction of sp³-hybridized carbons (Fsp3) is 0.294. The van der Waals surface area contributed by atoms with E-state index in [-0.39, 0.29) is 0 Å². The second-order valence-electron chi connectivity index (χ2n) is 10.1. The molecular weight excluding hydrogens is 498 g/mol. The van der Waals surface area contributed by atoms with Crippen LogP contribution < -0.4 is 10.6 Å². The maximum Gasteiger partial charge on any atom is 0.330 e. The van der Waals surface area contributed by atoms with E-state index in [0.29, 0.717) is 11.6 Å². The number of carbonyl (C=O) groups is 1. The van der Waals surface area contributed by atoms with Crippen LogP contribution in [0, 0.1) is 5.92 Å². The Morgan fingerprint density at radius 3 is 2.52 bits per heavy atom. The van der Waals surface area contributed by atoms with Crippen molar-refractivity contribution < 1.29 is 14.6 Å². The fourth-order valence-electron chi connectivity index (χ4n) is 5.33. The van der Waals surface area contributed by atoms with Crippen LogP contribution in [0.4, 0.5) is 11.4 Å². The minimum absolute atomic E-state index is 0.351. The number of nitrogen functional groups attached to an aromatic ring is 1. The Balaban J connectivity index is 1.73. The number of aromatic nitrogens is 1. The quantitative estimate of drug-likeness (QED) is 0.120. The van der Waals surface area contributed by atoms with E-state index < -0.39 is 12.2 Å². The Hall–Kier alpha value is -4.16. The van der Waals surface area contributed by atoms with Crippen LogP contribution in [0.2, 0.25) is 0 Å². The molecule has 40 heavy (non-hydrogen) atoms. The largest absolute Gasteiger partial charge is 0.466 e. The van der Waals surface area contributed by atoms with Crippen LogP contribution in [0.25, 0.3) is 23.3 Å². The van der Waals surface area contributed by atoms with Crippen LogP contribution in [-0.2, 0) is 9.53 Å². The highest BCUT2D eigenvalue weighted by molar-refractivity contribution is 5.87. The number of benzene rings is 2. The van der Waals surface area contributed by atoms with Crippen LogP contribution in [0.3, 0.4) is 0 Å². The van der Waals surface area contributed by atoms with Gasteiger partial charge in [-0.05, 0) is 71.7 Å². The van der Waals surface area contributed by atoms with Gasteiger partial charge >= 0.3 is 5.97 Å². The molecule has 0 aliphatic heterocycles. The average Bonchev–Trinajstić information content (AvgIpc) is 3.00. The number of hydrogen-bond acceptors (Lipinski definition) is 6. The minimum Gasteiger partial charge on any atom is -0.466 e. The number of aliphatic hydroxyl groups excluding tert-OH is 1. The van der Waals surface area contributed by atoms with Crippen LogP contribution >= 0.6 is 0 Å². The number of rotatable bonds is 10. The molecule has 1 unspecified atom stereocenters. The van der Waals surface area contributed by atoms with Gasteiger partial charge < -0.3 is 20.5 Å². The first-order valence-electron chi connectivity index (χ1n) is 14.0. The molecule has 208 valence electrons. The summed E-state index contributed by atoms with van der Waals surface area (Å²) < 4.78 is 4.74. The molecular formula is C34H39N3O3. The number of aliphatic hydroxyl groups is 1. The van der Waals surface area contributed by atoms with Gasteiger partial charge in [-0.15, -0.1) is 0 Å². The standard InChI is InChI=1S/C34H39N3O3/c1-4-9-32(27-10-7-6-8-11-27)37(30-20-24(22-36-23-30)12-19-33(38)40-3)34(39)28-15-13-26(14-16-28)29-17-18-31(35)25(5-2)21-29/h5,9,12-23,27,34,39H,2,4,6-8,10-11,35H2,1,3H3/b19-12+,32-9-. The first-order chi connectivity index (χ1) is 19.4. The van der Waals surface area contributed by atoms with Crippen molar-refractivity contribution in [3.63, 3.8) is 0 Å². The molecule has 1 fully saturated rings. The van der Waals surface area contributed by atoms with Gasteiger partial charge in [-0.25, -0.2) is 4.79 Å². The summed E-state index contributed by atoms with van der Waals surface area (Å²) in [6.45, 7) is 5.98. The van der Waals surface area contributed by atoms with Crippen molar-refractivity contribution in [3.05, 3.63) is 102 Å². The lowest BCUT2D eigenvalue weighted by atomic mass is 9.85. The summed E-state index contributed by atoms with van der Waals surface area (Å²) in [5, 5.41) is 11.9. The number of esters is 1. The van der Waals surface area contributed by atoms with Gasteiger partial charge in [-0.3, -0.25) is 4.98 Å². The zero-order valence-electron chi connectivity index (χ0n) is 23.4. The summed E-state index contributed by atoms with van der Waals surface area (Å²) >= 11 is 0. The van der Waals surface area contributed by atoms with Gasteiger partial charge in [0.2, 0.25) is 0 Å².